The summed E-state index contributed by atoms with van der Waals surface area (Å²) < 4.78 is 5.40. The maximum atomic E-state index is 14.0. The average molecular weight is 549 g/mol. The third-order valence-electron chi connectivity index (χ3n) is 7.92. The van der Waals surface area contributed by atoms with Gasteiger partial charge in [-0.3, -0.25) is 24.8 Å². The minimum atomic E-state index is -1.20. The number of hydrogen-bond acceptors (Lipinski definition) is 6. The molecule has 206 valence electrons. The Morgan fingerprint density at radius 2 is 1.72 bits per heavy atom. The van der Waals surface area contributed by atoms with E-state index in [9.17, 15) is 14.4 Å². The summed E-state index contributed by atoms with van der Waals surface area (Å²) in [6.45, 7) is 3.43. The predicted molar refractivity (Wildman–Crippen MR) is 154 cm³/mol. The van der Waals surface area contributed by atoms with Crippen LogP contribution in [0.25, 0.3) is 0 Å². The van der Waals surface area contributed by atoms with Crippen LogP contribution in [0.1, 0.15) is 42.4 Å². The molecule has 0 aromatic heterocycles. The van der Waals surface area contributed by atoms with Crippen LogP contribution in [-0.2, 0) is 20.9 Å². The monoisotopic (exact) mass is 548 g/mol. The highest BCUT2D eigenvalue weighted by Crippen LogP contribution is 2.35. The minimum Gasteiger partial charge on any atom is -0.445 e. The zero-order valence-corrected chi connectivity index (χ0v) is 23.4. The van der Waals surface area contributed by atoms with Crippen LogP contribution in [0, 0.1) is 18.8 Å². The number of anilines is 1. The molecule has 3 fully saturated rings. The number of nitrogens with zero attached hydrogens (tertiary/aromatic N) is 3. The molecule has 3 amide bonds. The Morgan fingerprint density at radius 1 is 1.03 bits per heavy atom. The van der Waals surface area contributed by atoms with Crippen molar-refractivity contribution < 1.29 is 19.1 Å². The largest absolute Gasteiger partial charge is 0.445 e. The molecule has 2 aromatic carbocycles. The van der Waals surface area contributed by atoms with E-state index in [4.69, 9.17) is 9.73 Å². The van der Waals surface area contributed by atoms with Crippen LogP contribution < -0.4 is 10.2 Å². The standard InChI is InChI=1S/C30H36N4O4S/c1-20-7-6-10-24-25(19-39-2)31-28(32-30(37)38-18-23-8-4-3-5-9-23)29(36)34(27(20)24)17-26(35)33-15-21-11-12-22(16-33)14-13-21/h3-10,21-22,28H,11-19H2,1-2H3,(H,32,37)/t21?,22?,28-/m1/s1. The lowest BCUT2D eigenvalue weighted by Crippen LogP contribution is -2.51. The Bertz CT molecular complexity index is 1230. The molecule has 1 aliphatic carbocycles. The fraction of sp³-hybridized carbons (Fsp3) is 0.467. The quantitative estimate of drug-likeness (QED) is 0.554. The number of thioether (sulfide) groups is 1. The maximum absolute atomic E-state index is 14.0. The molecule has 3 heterocycles. The Morgan fingerprint density at radius 3 is 2.38 bits per heavy atom. The molecule has 2 bridgehead atoms. The molecule has 8 nitrogen and oxygen atoms in total. The van der Waals surface area contributed by atoms with E-state index in [0.29, 0.717) is 29.0 Å². The van der Waals surface area contributed by atoms with Crippen molar-refractivity contribution in [3.63, 3.8) is 0 Å². The molecule has 0 spiro atoms. The Labute approximate surface area is 234 Å². The first-order valence-corrected chi connectivity index (χ1v) is 15.0. The summed E-state index contributed by atoms with van der Waals surface area (Å²) in [5, 5.41) is 2.66. The molecular weight excluding hydrogens is 512 g/mol. The summed E-state index contributed by atoms with van der Waals surface area (Å²) >= 11 is 1.58. The Balaban J connectivity index is 1.41. The van der Waals surface area contributed by atoms with Crippen LogP contribution in [0.3, 0.4) is 0 Å². The number of hydrogen-bond donors (Lipinski definition) is 1. The third-order valence-corrected chi connectivity index (χ3v) is 8.48. The SMILES string of the molecule is CSCC1=N[C@H](NC(=O)OCc2ccccc2)C(=O)N(CC(=O)N2CC3CCC(CC3)C2)c2c(C)cccc21. The van der Waals surface area contributed by atoms with Crippen molar-refractivity contribution in [1.29, 1.82) is 0 Å². The third kappa shape index (κ3) is 6.30. The van der Waals surface area contributed by atoms with E-state index in [1.165, 1.54) is 30.6 Å². The maximum Gasteiger partial charge on any atom is 0.409 e. The van der Waals surface area contributed by atoms with Crippen molar-refractivity contribution in [2.45, 2.75) is 45.4 Å². The van der Waals surface area contributed by atoms with E-state index in [-0.39, 0.29) is 19.1 Å². The summed E-state index contributed by atoms with van der Waals surface area (Å²) in [6, 6.07) is 15.2. The number of aliphatic imine (C=N–C) groups is 1. The van der Waals surface area contributed by atoms with Gasteiger partial charge in [0.25, 0.3) is 5.91 Å². The van der Waals surface area contributed by atoms with Gasteiger partial charge in [-0.05, 0) is 61.8 Å². The first-order valence-electron chi connectivity index (χ1n) is 13.6. The van der Waals surface area contributed by atoms with Gasteiger partial charge < -0.3 is 9.64 Å². The Hall–Kier alpha value is -3.33. The highest BCUT2D eigenvalue weighted by molar-refractivity contribution is 7.99. The number of benzene rings is 2. The molecule has 1 saturated carbocycles. The van der Waals surface area contributed by atoms with Gasteiger partial charge in [0.2, 0.25) is 12.1 Å². The van der Waals surface area contributed by atoms with Crippen LogP contribution >= 0.6 is 11.8 Å². The summed E-state index contributed by atoms with van der Waals surface area (Å²) in [5.41, 5.74) is 3.91. The van der Waals surface area contributed by atoms with Crippen molar-refractivity contribution in [2.75, 3.05) is 36.5 Å². The second kappa shape index (κ2) is 12.2. The van der Waals surface area contributed by atoms with Gasteiger partial charge in [-0.2, -0.15) is 11.8 Å². The second-order valence-electron chi connectivity index (χ2n) is 10.7. The van der Waals surface area contributed by atoms with Crippen molar-refractivity contribution in [3.05, 3.63) is 65.2 Å². The van der Waals surface area contributed by atoms with Crippen LogP contribution in [0.15, 0.2) is 53.5 Å². The van der Waals surface area contributed by atoms with Gasteiger partial charge in [0.05, 0.1) is 11.4 Å². The summed E-state index contributed by atoms with van der Waals surface area (Å²) in [4.78, 5) is 48.7. The van der Waals surface area contributed by atoms with E-state index >= 15 is 0 Å². The van der Waals surface area contributed by atoms with Gasteiger partial charge in [-0.25, -0.2) is 4.79 Å². The number of carbonyl (C=O) groups excluding carboxylic acids is 3. The molecule has 0 radical (unpaired) electrons. The molecule has 0 unspecified atom stereocenters. The lowest BCUT2D eigenvalue weighted by atomic mass is 9.84. The molecule has 1 atom stereocenters. The first-order chi connectivity index (χ1) is 18.9. The molecule has 3 aliphatic heterocycles. The fourth-order valence-corrected chi connectivity index (χ4v) is 6.40. The van der Waals surface area contributed by atoms with Crippen molar-refractivity contribution in [1.82, 2.24) is 10.2 Å². The highest BCUT2D eigenvalue weighted by atomic mass is 32.2. The molecule has 6 rings (SSSR count). The molecule has 9 heteroatoms. The van der Waals surface area contributed by atoms with E-state index in [1.807, 2.05) is 66.6 Å². The average Bonchev–Trinajstić information content (AvgIpc) is 3.32. The highest BCUT2D eigenvalue weighted by Gasteiger charge is 2.37. The number of amides is 3. The lowest BCUT2D eigenvalue weighted by Gasteiger charge is -2.30. The van der Waals surface area contributed by atoms with Crippen LogP contribution in [0.4, 0.5) is 10.5 Å². The number of carbonyl (C=O) groups is 3. The van der Waals surface area contributed by atoms with Crippen molar-refractivity contribution >= 4 is 41.1 Å². The minimum absolute atomic E-state index is 0.0601. The smallest absolute Gasteiger partial charge is 0.409 e. The summed E-state index contributed by atoms with van der Waals surface area (Å²) in [6.07, 6.45) is 4.71. The number of rotatable bonds is 7. The van der Waals surface area contributed by atoms with Gasteiger partial charge in [0.1, 0.15) is 13.2 Å². The zero-order valence-electron chi connectivity index (χ0n) is 22.6. The van der Waals surface area contributed by atoms with E-state index in [0.717, 1.165) is 29.8 Å². The molecule has 4 aliphatic rings. The van der Waals surface area contributed by atoms with E-state index in [2.05, 4.69) is 5.32 Å². The second-order valence-corrected chi connectivity index (χ2v) is 11.6. The summed E-state index contributed by atoms with van der Waals surface area (Å²) in [5.74, 6) is 1.12. The van der Waals surface area contributed by atoms with Crippen LogP contribution in [-0.4, -0.2) is 66.3 Å². The molecular formula is C30H36N4O4S. The molecule has 1 N–H and O–H groups in total. The van der Waals surface area contributed by atoms with Gasteiger partial charge in [-0.1, -0.05) is 48.5 Å². The normalized spacial score (nSPS) is 22.5. The van der Waals surface area contributed by atoms with Gasteiger partial charge in [-0.15, -0.1) is 0 Å². The van der Waals surface area contributed by atoms with Gasteiger partial charge >= 0.3 is 6.09 Å². The fourth-order valence-electron chi connectivity index (χ4n) is 5.90. The Kier molecular flexibility index (Phi) is 8.55. The molecule has 2 saturated heterocycles. The number of para-hydroxylation sites is 1. The molecule has 39 heavy (non-hydrogen) atoms. The number of fused-ring (bicyclic) bond motifs is 5. The zero-order chi connectivity index (χ0) is 27.4. The van der Waals surface area contributed by atoms with E-state index in [1.54, 1.807) is 11.8 Å². The summed E-state index contributed by atoms with van der Waals surface area (Å²) in [7, 11) is 0. The van der Waals surface area contributed by atoms with Crippen LogP contribution in [0.5, 0.6) is 0 Å². The van der Waals surface area contributed by atoms with Gasteiger partial charge in [0, 0.05) is 24.4 Å². The topological polar surface area (TPSA) is 91.3 Å². The lowest BCUT2D eigenvalue weighted by molar-refractivity contribution is -0.132. The number of benzodiazepines with no additional fused rings is 1. The van der Waals surface area contributed by atoms with Crippen LogP contribution in [0.2, 0.25) is 0 Å². The number of ether oxygens (including phenoxy) is 1. The predicted octanol–water partition coefficient (Wildman–Crippen LogP) is 4.39. The first kappa shape index (κ1) is 27.2. The van der Waals surface area contributed by atoms with Crippen molar-refractivity contribution in [2.24, 2.45) is 16.8 Å². The number of aryl methyl sites for hydroxylation is 1. The molecule has 2 aromatic rings. The van der Waals surface area contributed by atoms with E-state index < -0.39 is 18.2 Å². The number of nitrogens with one attached hydrogen (secondary N) is 1. The number of alkyl carbamates (subject to hydrolysis) is 1. The van der Waals surface area contributed by atoms with Crippen molar-refractivity contribution in [3.8, 4) is 0 Å². The van der Waals surface area contributed by atoms with Gasteiger partial charge in [0.15, 0.2) is 0 Å².